The fourth-order valence-electron chi connectivity index (χ4n) is 2.54. The molecule has 2 rings (SSSR count). The van der Waals surface area contributed by atoms with Crippen LogP contribution in [0.4, 0.5) is 0 Å². The molecular weight excluding hydrogens is 248 g/mol. The van der Waals surface area contributed by atoms with Crippen molar-refractivity contribution < 1.29 is 9.84 Å². The van der Waals surface area contributed by atoms with Crippen LogP contribution in [-0.4, -0.2) is 18.8 Å². The van der Waals surface area contributed by atoms with E-state index in [0.29, 0.717) is 0 Å². The maximum atomic E-state index is 9.91. The second-order valence-corrected chi connectivity index (χ2v) is 5.58. The Bertz CT molecular complexity index is 577. The molecule has 0 radical (unpaired) electrons. The lowest BCUT2D eigenvalue weighted by Gasteiger charge is -2.29. The van der Waals surface area contributed by atoms with Crippen LogP contribution < -0.4 is 4.74 Å². The molecule has 2 aromatic rings. The Morgan fingerprint density at radius 1 is 1.10 bits per heavy atom. The summed E-state index contributed by atoms with van der Waals surface area (Å²) in [7, 11) is 1.68. The molecule has 0 aliphatic rings. The van der Waals surface area contributed by atoms with Gasteiger partial charge < -0.3 is 9.84 Å². The zero-order valence-corrected chi connectivity index (χ0v) is 12.4. The third kappa shape index (κ3) is 3.02. The Labute approximate surface area is 121 Å². The molecule has 1 unspecified atom stereocenters. The van der Waals surface area contributed by atoms with Crippen molar-refractivity contribution in [1.82, 2.24) is 0 Å². The van der Waals surface area contributed by atoms with Gasteiger partial charge in [-0.15, -0.1) is 0 Å². The van der Waals surface area contributed by atoms with Crippen LogP contribution in [0.2, 0.25) is 0 Å². The van der Waals surface area contributed by atoms with E-state index < -0.39 is 0 Å². The summed E-state index contributed by atoms with van der Waals surface area (Å²) in [5.41, 5.74) is 3.18. The zero-order valence-electron chi connectivity index (χ0n) is 12.4. The quantitative estimate of drug-likeness (QED) is 0.901. The summed E-state index contributed by atoms with van der Waals surface area (Å²) in [6.07, 6.45) is 0.747. The lowest BCUT2D eigenvalue weighted by atomic mass is 9.77. The molecule has 0 saturated carbocycles. The number of rotatable bonds is 5. The van der Waals surface area contributed by atoms with E-state index in [0.717, 1.165) is 23.3 Å². The minimum atomic E-state index is -0.305. The minimum absolute atomic E-state index is 0.106. The summed E-state index contributed by atoms with van der Waals surface area (Å²) >= 11 is 0. The van der Waals surface area contributed by atoms with E-state index in [1.165, 1.54) is 5.56 Å². The average molecular weight is 270 g/mol. The summed E-state index contributed by atoms with van der Waals surface area (Å²) in [5, 5.41) is 9.91. The van der Waals surface area contributed by atoms with Gasteiger partial charge in [-0.05, 0) is 30.5 Å². The Morgan fingerprint density at radius 3 is 2.50 bits per heavy atom. The van der Waals surface area contributed by atoms with Crippen LogP contribution in [0, 0.1) is 6.92 Å². The number of ether oxygens (including phenoxy) is 1. The van der Waals surface area contributed by atoms with Crippen molar-refractivity contribution in [3.8, 4) is 5.75 Å². The van der Waals surface area contributed by atoms with Crippen LogP contribution in [0.15, 0.2) is 48.5 Å². The molecule has 2 nitrogen and oxygen atoms in total. The molecule has 1 N–H and O–H groups in total. The number of hydrogen-bond donors (Lipinski definition) is 1. The van der Waals surface area contributed by atoms with Crippen molar-refractivity contribution in [3.63, 3.8) is 0 Å². The summed E-state index contributed by atoms with van der Waals surface area (Å²) < 4.78 is 5.41. The molecule has 0 spiro atoms. The van der Waals surface area contributed by atoms with Gasteiger partial charge in [0.15, 0.2) is 0 Å². The number of hydrogen-bond acceptors (Lipinski definition) is 2. The molecule has 20 heavy (non-hydrogen) atoms. The number of methoxy groups -OCH3 is 1. The third-order valence-electron chi connectivity index (χ3n) is 3.84. The van der Waals surface area contributed by atoms with Gasteiger partial charge in [0.2, 0.25) is 0 Å². The van der Waals surface area contributed by atoms with E-state index in [9.17, 15) is 5.11 Å². The molecule has 1 atom stereocenters. The number of aryl methyl sites for hydroxylation is 1. The number of benzene rings is 2. The molecule has 2 aromatic carbocycles. The highest BCUT2D eigenvalue weighted by Gasteiger charge is 2.27. The number of aliphatic hydroxyl groups excluding tert-OH is 1. The number of para-hydroxylation sites is 1. The maximum absolute atomic E-state index is 9.91. The van der Waals surface area contributed by atoms with Gasteiger partial charge in [-0.25, -0.2) is 0 Å². The van der Waals surface area contributed by atoms with Gasteiger partial charge in [0.1, 0.15) is 5.75 Å². The Morgan fingerprint density at radius 2 is 1.85 bits per heavy atom. The van der Waals surface area contributed by atoms with Crippen LogP contribution in [0.1, 0.15) is 23.6 Å². The van der Waals surface area contributed by atoms with E-state index in [2.05, 4.69) is 38.1 Å². The van der Waals surface area contributed by atoms with E-state index in [4.69, 9.17) is 4.74 Å². The van der Waals surface area contributed by atoms with Gasteiger partial charge in [0.05, 0.1) is 13.7 Å². The molecule has 0 amide bonds. The highest BCUT2D eigenvalue weighted by atomic mass is 16.5. The largest absolute Gasteiger partial charge is 0.496 e. The van der Waals surface area contributed by atoms with Crippen LogP contribution >= 0.6 is 0 Å². The Kier molecular flexibility index (Phi) is 4.46. The maximum Gasteiger partial charge on any atom is 0.122 e. The van der Waals surface area contributed by atoms with Gasteiger partial charge >= 0.3 is 0 Å². The molecule has 106 valence electrons. The Balaban J connectivity index is 2.36. The van der Waals surface area contributed by atoms with Crippen LogP contribution in [0.5, 0.6) is 5.75 Å². The first-order valence-electron chi connectivity index (χ1n) is 6.89. The summed E-state index contributed by atoms with van der Waals surface area (Å²) in [5.74, 6) is 0.875. The number of aliphatic hydroxyl groups is 1. The van der Waals surface area contributed by atoms with Crippen molar-refractivity contribution >= 4 is 0 Å². The molecule has 0 saturated heterocycles. The molecule has 0 aliphatic carbocycles. The van der Waals surface area contributed by atoms with E-state index >= 15 is 0 Å². The molecule has 0 fully saturated rings. The predicted molar refractivity (Wildman–Crippen MR) is 82.3 cm³/mol. The van der Waals surface area contributed by atoms with E-state index in [1.54, 1.807) is 7.11 Å². The normalized spacial score (nSPS) is 13.8. The summed E-state index contributed by atoms with van der Waals surface area (Å²) in [6.45, 7) is 4.27. The second-order valence-electron chi connectivity index (χ2n) is 5.58. The summed E-state index contributed by atoms with van der Waals surface area (Å²) in [6, 6.07) is 16.3. The molecule has 0 heterocycles. The highest BCUT2D eigenvalue weighted by molar-refractivity contribution is 5.38. The van der Waals surface area contributed by atoms with Crippen molar-refractivity contribution in [1.29, 1.82) is 0 Å². The topological polar surface area (TPSA) is 29.5 Å². The van der Waals surface area contributed by atoms with Crippen molar-refractivity contribution in [2.45, 2.75) is 25.7 Å². The minimum Gasteiger partial charge on any atom is -0.496 e. The average Bonchev–Trinajstić information content (AvgIpc) is 2.47. The van der Waals surface area contributed by atoms with Gasteiger partial charge in [-0.2, -0.15) is 0 Å². The second kappa shape index (κ2) is 6.10. The fourth-order valence-corrected chi connectivity index (χ4v) is 2.54. The van der Waals surface area contributed by atoms with Gasteiger partial charge in [0.25, 0.3) is 0 Å². The first-order chi connectivity index (χ1) is 9.59. The van der Waals surface area contributed by atoms with Crippen molar-refractivity contribution in [3.05, 3.63) is 65.2 Å². The Hall–Kier alpha value is -1.80. The SMILES string of the molecule is COc1ccccc1CC(C)(CO)c1cccc(C)c1. The summed E-state index contributed by atoms with van der Waals surface area (Å²) in [4.78, 5) is 0. The van der Waals surface area contributed by atoms with Crippen molar-refractivity contribution in [2.75, 3.05) is 13.7 Å². The first kappa shape index (κ1) is 14.6. The van der Waals surface area contributed by atoms with Crippen LogP contribution in [0.3, 0.4) is 0 Å². The molecular formula is C18H22O2. The third-order valence-corrected chi connectivity index (χ3v) is 3.84. The molecule has 0 aromatic heterocycles. The van der Waals surface area contributed by atoms with Crippen LogP contribution in [-0.2, 0) is 11.8 Å². The van der Waals surface area contributed by atoms with Crippen LogP contribution in [0.25, 0.3) is 0 Å². The zero-order chi connectivity index (χ0) is 14.6. The first-order valence-corrected chi connectivity index (χ1v) is 6.89. The smallest absolute Gasteiger partial charge is 0.122 e. The molecule has 0 bridgehead atoms. The lowest BCUT2D eigenvalue weighted by molar-refractivity contribution is 0.203. The lowest BCUT2D eigenvalue weighted by Crippen LogP contribution is -2.29. The van der Waals surface area contributed by atoms with Gasteiger partial charge in [-0.3, -0.25) is 0 Å². The monoisotopic (exact) mass is 270 g/mol. The fraction of sp³-hybridized carbons (Fsp3) is 0.333. The van der Waals surface area contributed by atoms with Crippen molar-refractivity contribution in [2.24, 2.45) is 0 Å². The van der Waals surface area contributed by atoms with E-state index in [1.807, 2.05) is 24.3 Å². The predicted octanol–water partition coefficient (Wildman–Crippen LogP) is 3.50. The molecule has 2 heteroatoms. The van der Waals surface area contributed by atoms with Gasteiger partial charge in [0, 0.05) is 5.41 Å². The highest BCUT2D eigenvalue weighted by Crippen LogP contribution is 2.31. The van der Waals surface area contributed by atoms with Gasteiger partial charge in [-0.1, -0.05) is 55.0 Å². The molecule has 0 aliphatic heterocycles. The van der Waals surface area contributed by atoms with E-state index in [-0.39, 0.29) is 12.0 Å². The standard InChI is InChI=1S/C18H22O2/c1-14-7-6-9-16(11-14)18(2,13-19)12-15-8-4-5-10-17(15)20-3/h4-11,19H,12-13H2,1-3H3.